The standard InChI is InChI=1S/C8H16O4S/c1-2-3-4-12-8-6-13(10,11)5-7(8)9/h7-9H,2-6H2,1H3/t7-,8+/m0/s1. The lowest BCUT2D eigenvalue weighted by atomic mass is 10.2. The van der Waals surface area contributed by atoms with Crippen LogP contribution in [0.4, 0.5) is 0 Å². The molecular weight excluding hydrogens is 192 g/mol. The van der Waals surface area contributed by atoms with Gasteiger partial charge < -0.3 is 9.84 Å². The first-order valence-corrected chi connectivity index (χ1v) is 6.37. The average molecular weight is 208 g/mol. The average Bonchev–Trinajstić information content (AvgIpc) is 2.25. The molecule has 0 amide bonds. The van der Waals surface area contributed by atoms with Gasteiger partial charge in [-0.25, -0.2) is 8.42 Å². The second kappa shape index (κ2) is 4.39. The summed E-state index contributed by atoms with van der Waals surface area (Å²) in [6, 6.07) is 0. The topological polar surface area (TPSA) is 63.6 Å². The van der Waals surface area contributed by atoms with Crippen LogP contribution in [0.5, 0.6) is 0 Å². The Balaban J connectivity index is 2.36. The molecule has 0 unspecified atom stereocenters. The van der Waals surface area contributed by atoms with Gasteiger partial charge in [0.2, 0.25) is 0 Å². The zero-order valence-electron chi connectivity index (χ0n) is 7.77. The summed E-state index contributed by atoms with van der Waals surface area (Å²) in [6.07, 6.45) is 0.581. The largest absolute Gasteiger partial charge is 0.389 e. The van der Waals surface area contributed by atoms with Gasteiger partial charge in [-0.2, -0.15) is 0 Å². The molecule has 1 aliphatic rings. The van der Waals surface area contributed by atoms with Gasteiger partial charge in [0.1, 0.15) is 0 Å². The Hall–Kier alpha value is -0.130. The van der Waals surface area contributed by atoms with Crippen LogP contribution < -0.4 is 0 Å². The van der Waals surface area contributed by atoms with Crippen LogP contribution in [0.2, 0.25) is 0 Å². The molecule has 13 heavy (non-hydrogen) atoms. The summed E-state index contributed by atoms with van der Waals surface area (Å²) in [7, 11) is -3.06. The van der Waals surface area contributed by atoms with Crippen molar-refractivity contribution in [2.75, 3.05) is 18.1 Å². The van der Waals surface area contributed by atoms with Crippen LogP contribution in [-0.2, 0) is 14.6 Å². The zero-order chi connectivity index (χ0) is 9.90. The van der Waals surface area contributed by atoms with Crippen molar-refractivity contribution in [3.8, 4) is 0 Å². The molecule has 0 bridgehead atoms. The van der Waals surface area contributed by atoms with Gasteiger partial charge in [0, 0.05) is 6.61 Å². The van der Waals surface area contributed by atoms with Crippen molar-refractivity contribution in [3.05, 3.63) is 0 Å². The normalized spacial score (nSPS) is 32.2. The number of hydrogen-bond donors (Lipinski definition) is 1. The highest BCUT2D eigenvalue weighted by Gasteiger charge is 2.36. The number of unbranched alkanes of at least 4 members (excludes halogenated alkanes) is 1. The molecule has 1 heterocycles. The molecule has 5 heteroatoms. The van der Waals surface area contributed by atoms with Crippen LogP contribution in [0.3, 0.4) is 0 Å². The highest BCUT2D eigenvalue weighted by molar-refractivity contribution is 7.91. The summed E-state index contributed by atoms with van der Waals surface area (Å²) in [4.78, 5) is 0. The van der Waals surface area contributed by atoms with Crippen LogP contribution in [-0.4, -0.2) is 43.8 Å². The molecule has 0 radical (unpaired) electrons. The lowest BCUT2D eigenvalue weighted by Gasteiger charge is -2.13. The Bertz CT molecular complexity index is 247. The van der Waals surface area contributed by atoms with Gasteiger partial charge in [0.05, 0.1) is 23.7 Å². The van der Waals surface area contributed by atoms with Crippen molar-refractivity contribution in [1.29, 1.82) is 0 Å². The van der Waals surface area contributed by atoms with Crippen LogP contribution >= 0.6 is 0 Å². The first-order chi connectivity index (χ1) is 6.05. The third-order valence-electron chi connectivity index (χ3n) is 2.10. The van der Waals surface area contributed by atoms with Crippen LogP contribution in [0.15, 0.2) is 0 Å². The fraction of sp³-hybridized carbons (Fsp3) is 1.00. The monoisotopic (exact) mass is 208 g/mol. The first-order valence-electron chi connectivity index (χ1n) is 4.55. The molecule has 0 aromatic carbocycles. The Kier molecular flexibility index (Phi) is 3.70. The molecule has 1 fully saturated rings. The third kappa shape index (κ3) is 3.25. The summed E-state index contributed by atoms with van der Waals surface area (Å²) in [5.74, 6) is -0.179. The summed E-state index contributed by atoms with van der Waals surface area (Å²) in [6.45, 7) is 2.57. The summed E-state index contributed by atoms with van der Waals surface area (Å²) >= 11 is 0. The number of aliphatic hydroxyl groups is 1. The number of ether oxygens (including phenoxy) is 1. The van der Waals surface area contributed by atoms with Crippen molar-refractivity contribution in [1.82, 2.24) is 0 Å². The van der Waals surface area contributed by atoms with Crippen molar-refractivity contribution < 1.29 is 18.3 Å². The van der Waals surface area contributed by atoms with Crippen molar-refractivity contribution in [2.45, 2.75) is 32.0 Å². The van der Waals surface area contributed by atoms with Gasteiger partial charge in [-0.1, -0.05) is 13.3 Å². The summed E-state index contributed by atoms with van der Waals surface area (Å²) in [5.41, 5.74) is 0. The van der Waals surface area contributed by atoms with Crippen LogP contribution in [0.25, 0.3) is 0 Å². The van der Waals surface area contributed by atoms with Gasteiger partial charge in [-0.15, -0.1) is 0 Å². The molecule has 1 rings (SSSR count). The highest BCUT2D eigenvalue weighted by atomic mass is 32.2. The van der Waals surface area contributed by atoms with E-state index in [2.05, 4.69) is 0 Å². The van der Waals surface area contributed by atoms with E-state index in [0.29, 0.717) is 6.61 Å². The second-order valence-corrected chi connectivity index (χ2v) is 5.56. The molecule has 78 valence electrons. The predicted octanol–water partition coefficient (Wildman–Crippen LogP) is -0.0390. The first kappa shape index (κ1) is 10.9. The Morgan fingerprint density at radius 3 is 2.62 bits per heavy atom. The molecular formula is C8H16O4S. The molecule has 4 nitrogen and oxygen atoms in total. The van der Waals surface area contributed by atoms with Gasteiger partial charge in [0.25, 0.3) is 0 Å². The molecule has 0 saturated carbocycles. The van der Waals surface area contributed by atoms with E-state index in [1.165, 1.54) is 0 Å². The number of rotatable bonds is 4. The quantitative estimate of drug-likeness (QED) is 0.658. The lowest BCUT2D eigenvalue weighted by Crippen LogP contribution is -2.27. The lowest BCUT2D eigenvalue weighted by molar-refractivity contribution is -0.00854. The SMILES string of the molecule is CCCCO[C@@H]1CS(=O)(=O)C[C@@H]1O. The Morgan fingerprint density at radius 2 is 2.15 bits per heavy atom. The smallest absolute Gasteiger partial charge is 0.155 e. The zero-order valence-corrected chi connectivity index (χ0v) is 8.59. The summed E-state index contributed by atoms with van der Waals surface area (Å²) in [5, 5.41) is 9.32. The minimum Gasteiger partial charge on any atom is -0.389 e. The summed E-state index contributed by atoms with van der Waals surface area (Å²) < 4.78 is 27.4. The van der Waals surface area contributed by atoms with Crippen molar-refractivity contribution in [2.24, 2.45) is 0 Å². The molecule has 1 saturated heterocycles. The van der Waals surface area contributed by atoms with Crippen LogP contribution in [0, 0.1) is 0 Å². The van der Waals surface area contributed by atoms with Gasteiger partial charge >= 0.3 is 0 Å². The van der Waals surface area contributed by atoms with Crippen molar-refractivity contribution in [3.63, 3.8) is 0 Å². The van der Waals surface area contributed by atoms with E-state index in [4.69, 9.17) is 4.74 Å². The minimum absolute atomic E-state index is 0.0299. The fourth-order valence-corrected chi connectivity index (χ4v) is 3.03. The number of hydrogen-bond acceptors (Lipinski definition) is 4. The van der Waals surface area contributed by atoms with E-state index in [0.717, 1.165) is 12.8 Å². The van der Waals surface area contributed by atoms with E-state index in [1.54, 1.807) is 0 Å². The maximum atomic E-state index is 11.0. The highest BCUT2D eigenvalue weighted by Crippen LogP contribution is 2.15. The van der Waals surface area contributed by atoms with E-state index in [9.17, 15) is 13.5 Å². The molecule has 0 aromatic heterocycles. The maximum absolute atomic E-state index is 11.0. The Morgan fingerprint density at radius 1 is 1.46 bits per heavy atom. The van der Waals surface area contributed by atoms with Crippen molar-refractivity contribution >= 4 is 9.84 Å². The molecule has 0 aromatic rings. The molecule has 2 atom stereocenters. The van der Waals surface area contributed by atoms with Gasteiger partial charge in [-0.3, -0.25) is 0 Å². The fourth-order valence-electron chi connectivity index (χ4n) is 1.34. The van der Waals surface area contributed by atoms with Gasteiger partial charge in [0.15, 0.2) is 9.84 Å². The van der Waals surface area contributed by atoms with Crippen LogP contribution in [0.1, 0.15) is 19.8 Å². The molecule has 1 aliphatic heterocycles. The molecule has 0 spiro atoms. The number of aliphatic hydroxyl groups excluding tert-OH is 1. The maximum Gasteiger partial charge on any atom is 0.155 e. The van der Waals surface area contributed by atoms with E-state index in [1.807, 2.05) is 6.92 Å². The Labute approximate surface area is 78.8 Å². The molecule has 0 aliphatic carbocycles. The van der Waals surface area contributed by atoms with Gasteiger partial charge in [-0.05, 0) is 6.42 Å². The van der Waals surface area contributed by atoms with E-state index in [-0.39, 0.29) is 11.5 Å². The second-order valence-electron chi connectivity index (χ2n) is 3.41. The number of sulfone groups is 1. The third-order valence-corrected chi connectivity index (χ3v) is 3.79. The predicted molar refractivity (Wildman–Crippen MR) is 49.3 cm³/mol. The van der Waals surface area contributed by atoms with E-state index >= 15 is 0 Å². The van der Waals surface area contributed by atoms with E-state index < -0.39 is 22.0 Å². The minimum atomic E-state index is -3.06. The molecule has 1 N–H and O–H groups in total.